The molecule has 1 aliphatic heterocycles. The normalized spacial score (nSPS) is 15.1. The third-order valence-corrected chi connectivity index (χ3v) is 5.50. The van der Waals surface area contributed by atoms with Crippen LogP contribution >= 0.6 is 0 Å². The number of terminal acetylenes is 1. The van der Waals surface area contributed by atoms with E-state index >= 15 is 0 Å². The molecule has 1 aromatic heterocycles. The maximum absolute atomic E-state index is 5.99. The van der Waals surface area contributed by atoms with Gasteiger partial charge in [-0.2, -0.15) is 5.10 Å². The molecule has 33 heavy (non-hydrogen) atoms. The summed E-state index contributed by atoms with van der Waals surface area (Å²) in [6.45, 7) is 10.7. The monoisotopic (exact) mass is 442 g/mol. The van der Waals surface area contributed by atoms with Crippen LogP contribution in [0.25, 0.3) is 0 Å². The van der Waals surface area contributed by atoms with E-state index in [9.17, 15) is 0 Å². The Kier molecular flexibility index (Phi) is 8.39. The lowest BCUT2D eigenvalue weighted by molar-refractivity contribution is 0.590. The van der Waals surface area contributed by atoms with E-state index in [2.05, 4.69) is 77.1 Å². The van der Waals surface area contributed by atoms with Crippen molar-refractivity contribution in [1.82, 2.24) is 15.1 Å². The first-order chi connectivity index (χ1) is 15.9. The van der Waals surface area contributed by atoms with Crippen LogP contribution in [0, 0.1) is 19.3 Å². The van der Waals surface area contributed by atoms with Gasteiger partial charge in [0.15, 0.2) is 0 Å². The standard InChI is InChI=1S/C27H34N6/c1-7-22-10-9-21(5)27(15-22)33(14-13-28-20(3)4)25(8-2)12-11-24-17-30-26(18-29-24)23-16-31-32(6)19-23/h2,9-12,15-16,18-20,28H,7,13-14,17H2,1,3-6H3/b24-11+,25-12+. The molecule has 2 heterocycles. The fourth-order valence-corrected chi connectivity index (χ4v) is 3.60. The van der Waals surface area contributed by atoms with Gasteiger partial charge < -0.3 is 10.2 Å². The maximum atomic E-state index is 5.99. The van der Waals surface area contributed by atoms with Crippen molar-refractivity contribution in [3.8, 4) is 12.3 Å². The van der Waals surface area contributed by atoms with Crippen LogP contribution in [0.1, 0.15) is 37.5 Å². The minimum absolute atomic E-state index is 0.416. The largest absolute Gasteiger partial charge is 0.333 e. The smallest absolute Gasteiger partial charge is 0.0922 e. The van der Waals surface area contributed by atoms with E-state index in [-0.39, 0.29) is 0 Å². The summed E-state index contributed by atoms with van der Waals surface area (Å²) in [6.07, 6.45) is 16.4. The molecule has 2 aromatic rings. The van der Waals surface area contributed by atoms with Gasteiger partial charge in [-0.1, -0.05) is 38.8 Å². The fraction of sp³-hybridized carbons (Fsp3) is 0.370. The highest BCUT2D eigenvalue weighted by Crippen LogP contribution is 2.25. The average molecular weight is 443 g/mol. The lowest BCUT2D eigenvalue weighted by Gasteiger charge is -2.27. The summed E-state index contributed by atoms with van der Waals surface area (Å²) in [5.41, 5.74) is 7.13. The fourth-order valence-electron chi connectivity index (χ4n) is 3.60. The topological polar surface area (TPSA) is 57.8 Å². The average Bonchev–Trinajstić information content (AvgIpc) is 3.25. The number of aliphatic imine (C=N–C) groups is 2. The second-order valence-corrected chi connectivity index (χ2v) is 8.45. The number of hydrogen-bond acceptors (Lipinski definition) is 5. The molecule has 6 heteroatoms. The second-order valence-electron chi connectivity index (χ2n) is 8.45. The lowest BCUT2D eigenvalue weighted by Crippen LogP contribution is -2.34. The first-order valence-corrected chi connectivity index (χ1v) is 11.5. The molecule has 0 unspecified atom stereocenters. The summed E-state index contributed by atoms with van der Waals surface area (Å²) in [5.74, 6) is 2.90. The highest BCUT2D eigenvalue weighted by molar-refractivity contribution is 6.38. The van der Waals surface area contributed by atoms with Crippen molar-refractivity contribution in [3.05, 3.63) is 70.8 Å². The van der Waals surface area contributed by atoms with Gasteiger partial charge >= 0.3 is 0 Å². The van der Waals surface area contributed by atoms with Crippen molar-refractivity contribution in [2.45, 2.75) is 40.2 Å². The molecule has 0 atom stereocenters. The molecule has 0 amide bonds. The Morgan fingerprint density at radius 3 is 2.79 bits per heavy atom. The molecule has 0 fully saturated rings. The van der Waals surface area contributed by atoms with Crippen LogP contribution in [-0.2, 0) is 13.5 Å². The first-order valence-electron chi connectivity index (χ1n) is 11.5. The zero-order valence-corrected chi connectivity index (χ0v) is 20.3. The predicted octanol–water partition coefficient (Wildman–Crippen LogP) is 4.07. The van der Waals surface area contributed by atoms with Crippen molar-refractivity contribution in [1.29, 1.82) is 0 Å². The molecule has 0 saturated heterocycles. The number of aromatic nitrogens is 2. The zero-order chi connectivity index (χ0) is 23.8. The number of aryl methyl sites for hydroxylation is 3. The number of hydrogen-bond donors (Lipinski definition) is 1. The number of rotatable bonds is 9. The van der Waals surface area contributed by atoms with Gasteiger partial charge in [0, 0.05) is 43.6 Å². The molecule has 1 aliphatic rings. The van der Waals surface area contributed by atoms with Crippen molar-refractivity contribution in [2.24, 2.45) is 17.0 Å². The Labute approximate surface area is 197 Å². The van der Waals surface area contributed by atoms with E-state index in [1.165, 1.54) is 11.1 Å². The van der Waals surface area contributed by atoms with Crippen molar-refractivity contribution < 1.29 is 0 Å². The van der Waals surface area contributed by atoms with E-state index in [0.717, 1.165) is 47.9 Å². The molecule has 1 N–H and O–H groups in total. The molecule has 3 rings (SSSR count). The Hall–Kier alpha value is -3.43. The molecule has 0 saturated carbocycles. The zero-order valence-electron chi connectivity index (χ0n) is 20.3. The van der Waals surface area contributed by atoms with Crippen LogP contribution in [0.5, 0.6) is 0 Å². The molecule has 1 aromatic carbocycles. The van der Waals surface area contributed by atoms with Gasteiger partial charge in [-0.05, 0) is 42.7 Å². The highest BCUT2D eigenvalue weighted by Gasteiger charge is 2.14. The SMILES string of the molecule is C#C/C(=C\C=C1/CN=C(c2cnn(C)c2)C=N1)N(CCNC(C)C)c1cc(CC)ccc1C. The Balaban J connectivity index is 1.85. The summed E-state index contributed by atoms with van der Waals surface area (Å²) in [6, 6.07) is 7.01. The lowest BCUT2D eigenvalue weighted by atomic mass is 10.1. The van der Waals surface area contributed by atoms with E-state index in [4.69, 9.17) is 6.42 Å². The van der Waals surface area contributed by atoms with Gasteiger partial charge in [0.05, 0.1) is 36.1 Å². The summed E-state index contributed by atoms with van der Waals surface area (Å²) in [5, 5.41) is 7.70. The molecule has 6 nitrogen and oxygen atoms in total. The van der Waals surface area contributed by atoms with E-state index < -0.39 is 0 Å². The van der Waals surface area contributed by atoms with Crippen LogP contribution < -0.4 is 10.2 Å². The minimum Gasteiger partial charge on any atom is -0.333 e. The molecule has 0 bridgehead atoms. The minimum atomic E-state index is 0.416. The van der Waals surface area contributed by atoms with Gasteiger partial charge in [-0.3, -0.25) is 14.7 Å². The second kappa shape index (κ2) is 11.4. The van der Waals surface area contributed by atoms with Crippen molar-refractivity contribution in [3.63, 3.8) is 0 Å². The number of nitrogens with one attached hydrogen (secondary N) is 1. The van der Waals surface area contributed by atoms with Crippen LogP contribution in [0.4, 0.5) is 5.69 Å². The summed E-state index contributed by atoms with van der Waals surface area (Å²) < 4.78 is 1.76. The Morgan fingerprint density at radius 2 is 2.18 bits per heavy atom. The van der Waals surface area contributed by atoms with Gasteiger partial charge in [0.2, 0.25) is 0 Å². The van der Waals surface area contributed by atoms with Gasteiger partial charge in [-0.25, -0.2) is 0 Å². The summed E-state index contributed by atoms with van der Waals surface area (Å²) in [4.78, 5) is 11.5. The number of allylic oxidation sites excluding steroid dienone is 3. The number of anilines is 1. The predicted molar refractivity (Wildman–Crippen MR) is 139 cm³/mol. The summed E-state index contributed by atoms with van der Waals surface area (Å²) >= 11 is 0. The van der Waals surface area contributed by atoms with E-state index in [0.29, 0.717) is 12.6 Å². The molecule has 0 aliphatic carbocycles. The van der Waals surface area contributed by atoms with Crippen molar-refractivity contribution in [2.75, 3.05) is 24.5 Å². The van der Waals surface area contributed by atoms with Crippen molar-refractivity contribution >= 4 is 17.6 Å². The Morgan fingerprint density at radius 1 is 1.36 bits per heavy atom. The maximum Gasteiger partial charge on any atom is 0.0922 e. The quantitative estimate of drug-likeness (QED) is 0.596. The molecule has 0 spiro atoms. The Bertz CT molecular complexity index is 1120. The van der Waals surface area contributed by atoms with Gasteiger partial charge in [-0.15, -0.1) is 6.42 Å². The van der Waals surface area contributed by atoms with E-state index in [1.54, 1.807) is 17.1 Å². The first kappa shape index (κ1) is 24.2. The molecular weight excluding hydrogens is 408 g/mol. The highest BCUT2D eigenvalue weighted by atomic mass is 15.2. The van der Waals surface area contributed by atoms with Crippen LogP contribution in [0.2, 0.25) is 0 Å². The third-order valence-electron chi connectivity index (χ3n) is 5.50. The number of benzene rings is 1. The number of nitrogens with zero attached hydrogens (tertiary/aromatic N) is 5. The molecular formula is C27H34N6. The van der Waals surface area contributed by atoms with Crippen LogP contribution in [0.3, 0.4) is 0 Å². The van der Waals surface area contributed by atoms with Crippen LogP contribution in [-0.4, -0.2) is 47.4 Å². The molecule has 0 radical (unpaired) electrons. The third kappa shape index (κ3) is 6.53. The van der Waals surface area contributed by atoms with E-state index in [1.807, 2.05) is 25.4 Å². The van der Waals surface area contributed by atoms with Gasteiger partial charge in [0.1, 0.15) is 0 Å². The summed E-state index contributed by atoms with van der Waals surface area (Å²) in [7, 11) is 1.89. The van der Waals surface area contributed by atoms with Crippen LogP contribution in [0.15, 0.2) is 64.1 Å². The van der Waals surface area contributed by atoms with Gasteiger partial charge in [0.25, 0.3) is 0 Å². The molecule has 172 valence electrons.